The maximum atomic E-state index is 6.15. The average Bonchev–Trinajstić information content (AvgIpc) is 2.90. The van der Waals surface area contributed by atoms with Crippen LogP contribution in [0.2, 0.25) is 0 Å². The summed E-state index contributed by atoms with van der Waals surface area (Å²) in [6, 6.07) is 0. The number of aryl methyl sites for hydroxylation is 2. The van der Waals surface area contributed by atoms with Gasteiger partial charge >= 0.3 is 0 Å². The van der Waals surface area contributed by atoms with Crippen LogP contribution >= 0.6 is 11.6 Å². The molecule has 15 heavy (non-hydrogen) atoms. The summed E-state index contributed by atoms with van der Waals surface area (Å²) in [5.41, 5.74) is 3.55. The Kier molecular flexibility index (Phi) is 3.06. The highest BCUT2D eigenvalue weighted by molar-refractivity contribution is 6.20. The first kappa shape index (κ1) is 11.0. The quantitative estimate of drug-likeness (QED) is 0.718. The maximum Gasteiger partial charge on any atom is 0.0643 e. The Labute approximate surface area is 96.6 Å². The Morgan fingerprint density at radius 1 is 1.47 bits per heavy atom. The van der Waals surface area contributed by atoms with Crippen molar-refractivity contribution in [2.75, 3.05) is 0 Å². The largest absolute Gasteiger partial charge is 0.269 e. The van der Waals surface area contributed by atoms with E-state index in [9.17, 15) is 0 Å². The van der Waals surface area contributed by atoms with Gasteiger partial charge in [0.25, 0.3) is 0 Å². The van der Waals surface area contributed by atoms with Crippen molar-refractivity contribution in [3.8, 4) is 0 Å². The summed E-state index contributed by atoms with van der Waals surface area (Å²) in [5, 5.41) is 4.63. The fourth-order valence-corrected chi connectivity index (χ4v) is 2.53. The molecular formula is C12H19ClN2. The molecule has 0 aliphatic heterocycles. The highest BCUT2D eigenvalue weighted by Gasteiger charge is 2.22. The molecule has 0 bridgehead atoms. The van der Waals surface area contributed by atoms with E-state index in [1.165, 1.54) is 30.5 Å². The van der Waals surface area contributed by atoms with Crippen molar-refractivity contribution in [3.63, 3.8) is 0 Å². The van der Waals surface area contributed by atoms with Gasteiger partial charge in [0.2, 0.25) is 0 Å². The topological polar surface area (TPSA) is 17.8 Å². The monoisotopic (exact) mass is 226 g/mol. The third-order valence-electron chi connectivity index (χ3n) is 3.28. The molecule has 3 heteroatoms. The summed E-state index contributed by atoms with van der Waals surface area (Å²) in [5.74, 6) is 0.964. The van der Waals surface area contributed by atoms with Gasteiger partial charge in [0.15, 0.2) is 0 Å². The van der Waals surface area contributed by atoms with E-state index in [0.29, 0.717) is 0 Å². The van der Waals surface area contributed by atoms with E-state index in [0.717, 1.165) is 18.2 Å². The second-order valence-corrected chi connectivity index (χ2v) is 5.31. The number of halogens is 1. The van der Waals surface area contributed by atoms with E-state index >= 15 is 0 Å². The molecular weight excluding hydrogens is 208 g/mol. The maximum absolute atomic E-state index is 6.15. The number of alkyl halides is 1. The van der Waals surface area contributed by atoms with Crippen molar-refractivity contribution in [2.45, 2.75) is 52.0 Å². The van der Waals surface area contributed by atoms with E-state index in [-0.39, 0.29) is 5.38 Å². The second-order valence-electron chi connectivity index (χ2n) is 4.66. The molecule has 0 spiro atoms. The molecule has 1 aromatic rings. The van der Waals surface area contributed by atoms with Crippen LogP contribution in [0.3, 0.4) is 0 Å². The fourth-order valence-electron chi connectivity index (χ4n) is 2.22. The van der Waals surface area contributed by atoms with Crippen molar-refractivity contribution >= 4 is 11.6 Å². The van der Waals surface area contributed by atoms with Gasteiger partial charge in [-0.3, -0.25) is 4.68 Å². The average molecular weight is 227 g/mol. The van der Waals surface area contributed by atoms with E-state index in [1.54, 1.807) is 0 Å². The van der Waals surface area contributed by atoms with E-state index < -0.39 is 0 Å². The van der Waals surface area contributed by atoms with E-state index in [1.807, 2.05) is 6.92 Å². The summed E-state index contributed by atoms with van der Waals surface area (Å²) >= 11 is 6.15. The van der Waals surface area contributed by atoms with Gasteiger partial charge in [0.05, 0.1) is 11.1 Å². The summed E-state index contributed by atoms with van der Waals surface area (Å²) in [6.45, 7) is 7.25. The lowest BCUT2D eigenvalue weighted by Crippen LogP contribution is -2.03. The van der Waals surface area contributed by atoms with Crippen molar-refractivity contribution in [1.82, 2.24) is 9.78 Å². The lowest BCUT2D eigenvalue weighted by atomic mass is 10.1. The summed E-state index contributed by atoms with van der Waals surface area (Å²) in [6.07, 6.45) is 4.11. The molecule has 1 aliphatic rings. The van der Waals surface area contributed by atoms with Crippen LogP contribution in [0.4, 0.5) is 0 Å². The molecule has 1 fully saturated rings. The van der Waals surface area contributed by atoms with Crippen LogP contribution in [0.1, 0.15) is 48.5 Å². The smallest absolute Gasteiger partial charge is 0.0643 e. The molecule has 1 heterocycles. The second kappa shape index (κ2) is 4.17. The third-order valence-corrected chi connectivity index (χ3v) is 3.50. The van der Waals surface area contributed by atoms with Crippen LogP contribution < -0.4 is 0 Å². The van der Waals surface area contributed by atoms with Crippen LogP contribution in [-0.2, 0) is 6.54 Å². The summed E-state index contributed by atoms with van der Waals surface area (Å²) < 4.78 is 2.13. The van der Waals surface area contributed by atoms with Crippen molar-refractivity contribution in [2.24, 2.45) is 5.92 Å². The Balaban J connectivity index is 2.12. The lowest BCUT2D eigenvalue weighted by Gasteiger charge is -2.05. The number of hydrogen-bond acceptors (Lipinski definition) is 1. The van der Waals surface area contributed by atoms with Gasteiger partial charge in [-0.2, -0.15) is 5.10 Å². The minimum Gasteiger partial charge on any atom is -0.269 e. The molecule has 1 saturated carbocycles. The predicted molar refractivity (Wildman–Crippen MR) is 63.3 cm³/mol. The standard InChI is InChI=1S/C12H19ClN2/c1-8(13)12-9(2)14-15(10(12)3)7-6-11-4-5-11/h8,11H,4-7H2,1-3H3. The Morgan fingerprint density at radius 2 is 2.13 bits per heavy atom. The molecule has 1 unspecified atom stereocenters. The molecule has 1 atom stereocenters. The van der Waals surface area contributed by atoms with Gasteiger partial charge in [-0.25, -0.2) is 0 Å². The molecule has 0 saturated heterocycles. The number of aromatic nitrogens is 2. The minimum atomic E-state index is 0.0691. The molecule has 2 nitrogen and oxygen atoms in total. The number of rotatable bonds is 4. The van der Waals surface area contributed by atoms with Crippen LogP contribution in [0.25, 0.3) is 0 Å². The van der Waals surface area contributed by atoms with Crippen LogP contribution in [-0.4, -0.2) is 9.78 Å². The molecule has 1 aliphatic carbocycles. The fraction of sp³-hybridized carbons (Fsp3) is 0.750. The molecule has 1 aromatic heterocycles. The third kappa shape index (κ3) is 2.36. The van der Waals surface area contributed by atoms with Gasteiger partial charge in [-0.05, 0) is 33.1 Å². The first-order chi connectivity index (χ1) is 7.09. The predicted octanol–water partition coefficient (Wildman–Crippen LogP) is 3.60. The number of nitrogens with zero attached hydrogens (tertiary/aromatic N) is 2. The zero-order valence-corrected chi connectivity index (χ0v) is 10.5. The highest BCUT2D eigenvalue weighted by Crippen LogP contribution is 2.33. The van der Waals surface area contributed by atoms with Gasteiger partial charge in [-0.15, -0.1) is 11.6 Å². The number of hydrogen-bond donors (Lipinski definition) is 0. The Hall–Kier alpha value is -0.500. The van der Waals surface area contributed by atoms with Crippen LogP contribution in [0.5, 0.6) is 0 Å². The first-order valence-corrected chi connectivity index (χ1v) is 6.21. The molecule has 0 N–H and O–H groups in total. The summed E-state index contributed by atoms with van der Waals surface area (Å²) in [7, 11) is 0. The normalized spacial score (nSPS) is 18.1. The molecule has 0 amide bonds. The molecule has 84 valence electrons. The molecule has 0 aromatic carbocycles. The SMILES string of the molecule is Cc1nn(CCC2CC2)c(C)c1C(C)Cl. The minimum absolute atomic E-state index is 0.0691. The zero-order valence-electron chi connectivity index (χ0n) is 9.76. The van der Waals surface area contributed by atoms with Gasteiger partial charge in [0.1, 0.15) is 0 Å². The van der Waals surface area contributed by atoms with Crippen molar-refractivity contribution < 1.29 is 0 Å². The van der Waals surface area contributed by atoms with Crippen molar-refractivity contribution in [3.05, 3.63) is 17.0 Å². The zero-order chi connectivity index (χ0) is 11.0. The highest BCUT2D eigenvalue weighted by atomic mass is 35.5. The van der Waals surface area contributed by atoms with Gasteiger partial charge in [0, 0.05) is 17.8 Å². The molecule has 0 radical (unpaired) electrons. The lowest BCUT2D eigenvalue weighted by molar-refractivity contribution is 0.533. The van der Waals surface area contributed by atoms with Crippen LogP contribution in [0.15, 0.2) is 0 Å². The van der Waals surface area contributed by atoms with Crippen molar-refractivity contribution in [1.29, 1.82) is 0 Å². The summed E-state index contributed by atoms with van der Waals surface area (Å²) in [4.78, 5) is 0. The van der Waals surface area contributed by atoms with E-state index in [2.05, 4.69) is 23.6 Å². The van der Waals surface area contributed by atoms with E-state index in [4.69, 9.17) is 11.6 Å². The molecule has 2 rings (SSSR count). The van der Waals surface area contributed by atoms with Crippen LogP contribution in [0, 0.1) is 19.8 Å². The Bertz CT molecular complexity index is 351. The first-order valence-electron chi connectivity index (χ1n) is 5.77. The Morgan fingerprint density at radius 3 is 2.60 bits per heavy atom. The van der Waals surface area contributed by atoms with Gasteiger partial charge < -0.3 is 0 Å². The van der Waals surface area contributed by atoms with Gasteiger partial charge in [-0.1, -0.05) is 12.8 Å².